The van der Waals surface area contributed by atoms with Crippen molar-refractivity contribution >= 4 is 23.5 Å². The third-order valence-electron chi connectivity index (χ3n) is 4.02. The van der Waals surface area contributed by atoms with E-state index in [9.17, 15) is 18.8 Å². The lowest BCUT2D eigenvalue weighted by Crippen LogP contribution is -2.30. The summed E-state index contributed by atoms with van der Waals surface area (Å²) < 4.78 is 13.1. The Morgan fingerprint density at radius 3 is 2.62 bits per heavy atom. The van der Waals surface area contributed by atoms with E-state index in [0.717, 1.165) is 16.0 Å². The predicted molar refractivity (Wildman–Crippen MR) is 93.7 cm³/mol. The first kappa shape index (κ1) is 17.6. The zero-order chi connectivity index (χ0) is 18.5. The van der Waals surface area contributed by atoms with Gasteiger partial charge in [0.25, 0.3) is 0 Å². The van der Waals surface area contributed by atoms with Crippen LogP contribution in [0, 0.1) is 5.82 Å². The van der Waals surface area contributed by atoms with E-state index < -0.39 is 6.03 Å². The Morgan fingerprint density at radius 2 is 1.88 bits per heavy atom. The summed E-state index contributed by atoms with van der Waals surface area (Å²) in [5.41, 5.74) is 2.07. The van der Waals surface area contributed by atoms with Gasteiger partial charge in [-0.2, -0.15) is 0 Å². The zero-order valence-electron chi connectivity index (χ0n) is 14.0. The summed E-state index contributed by atoms with van der Waals surface area (Å²) in [6.45, 7) is 0.160. The average molecular weight is 355 g/mol. The van der Waals surface area contributed by atoms with Crippen molar-refractivity contribution in [2.75, 3.05) is 11.9 Å². The highest BCUT2D eigenvalue weighted by atomic mass is 19.1. The van der Waals surface area contributed by atoms with Crippen LogP contribution in [-0.4, -0.2) is 29.3 Å². The number of amides is 4. The maximum absolute atomic E-state index is 13.1. The van der Waals surface area contributed by atoms with Gasteiger partial charge in [0.1, 0.15) is 5.82 Å². The first-order chi connectivity index (χ1) is 12.5. The van der Waals surface area contributed by atoms with Gasteiger partial charge < -0.3 is 10.6 Å². The fourth-order valence-electron chi connectivity index (χ4n) is 2.72. The van der Waals surface area contributed by atoms with Crippen molar-refractivity contribution in [2.45, 2.75) is 19.4 Å². The number of carbonyl (C=O) groups excluding carboxylic acids is 3. The van der Waals surface area contributed by atoms with E-state index in [0.29, 0.717) is 12.1 Å². The van der Waals surface area contributed by atoms with Crippen LogP contribution in [0.15, 0.2) is 48.5 Å². The maximum atomic E-state index is 13.1. The van der Waals surface area contributed by atoms with Crippen LogP contribution in [0.25, 0.3) is 0 Å². The highest BCUT2D eigenvalue weighted by Crippen LogP contribution is 2.15. The van der Waals surface area contributed by atoms with Crippen LogP contribution in [0.1, 0.15) is 17.5 Å². The van der Waals surface area contributed by atoms with E-state index in [4.69, 9.17) is 0 Å². The second-order valence-corrected chi connectivity index (χ2v) is 6.02. The number of urea groups is 1. The minimum absolute atomic E-state index is 0.00927. The number of hydrogen-bond acceptors (Lipinski definition) is 3. The van der Waals surface area contributed by atoms with E-state index in [2.05, 4.69) is 10.6 Å². The van der Waals surface area contributed by atoms with Gasteiger partial charge in [-0.1, -0.05) is 24.3 Å². The van der Waals surface area contributed by atoms with Gasteiger partial charge in [-0.05, 0) is 41.8 Å². The summed E-state index contributed by atoms with van der Waals surface area (Å²) in [5.74, 6) is -0.794. The molecular formula is C19H18FN3O3. The van der Waals surface area contributed by atoms with Gasteiger partial charge >= 0.3 is 6.03 Å². The van der Waals surface area contributed by atoms with Crippen molar-refractivity contribution in [3.63, 3.8) is 0 Å². The topological polar surface area (TPSA) is 78.5 Å². The number of anilines is 1. The number of hydrogen-bond donors (Lipinski definition) is 2. The van der Waals surface area contributed by atoms with Crippen molar-refractivity contribution in [3.8, 4) is 0 Å². The van der Waals surface area contributed by atoms with E-state index in [1.165, 1.54) is 12.1 Å². The molecule has 1 heterocycles. The Kier molecular flexibility index (Phi) is 5.26. The van der Waals surface area contributed by atoms with Gasteiger partial charge in [0.05, 0.1) is 13.1 Å². The van der Waals surface area contributed by atoms with Crippen LogP contribution in [-0.2, 0) is 22.6 Å². The summed E-state index contributed by atoms with van der Waals surface area (Å²) in [5, 5.41) is 5.24. The minimum Gasteiger partial charge on any atom is -0.329 e. The molecule has 26 heavy (non-hydrogen) atoms. The highest BCUT2D eigenvalue weighted by molar-refractivity contribution is 6.01. The highest BCUT2D eigenvalue weighted by Gasteiger charge is 2.28. The summed E-state index contributed by atoms with van der Waals surface area (Å²) in [7, 11) is 0. The molecule has 2 aromatic carbocycles. The summed E-state index contributed by atoms with van der Waals surface area (Å²) >= 11 is 0. The number of carbonyl (C=O) groups is 3. The maximum Gasteiger partial charge on any atom is 0.324 e. The monoisotopic (exact) mass is 355 g/mol. The number of benzene rings is 2. The molecule has 0 unspecified atom stereocenters. The van der Waals surface area contributed by atoms with Gasteiger partial charge in [-0.3, -0.25) is 14.5 Å². The van der Waals surface area contributed by atoms with Crippen molar-refractivity contribution in [1.82, 2.24) is 10.2 Å². The molecule has 7 heteroatoms. The number of nitrogens with one attached hydrogen (secondary N) is 2. The molecule has 1 fully saturated rings. The number of nitrogens with zero attached hydrogens (tertiary/aromatic N) is 1. The Bertz CT molecular complexity index is 837. The molecule has 1 saturated heterocycles. The summed E-state index contributed by atoms with van der Waals surface area (Å²) in [6, 6.07) is 12.7. The number of aryl methyl sites for hydroxylation is 1. The van der Waals surface area contributed by atoms with Crippen molar-refractivity contribution in [3.05, 3.63) is 65.5 Å². The van der Waals surface area contributed by atoms with Gasteiger partial charge in [-0.15, -0.1) is 0 Å². The van der Waals surface area contributed by atoms with E-state index in [1.54, 1.807) is 36.4 Å². The van der Waals surface area contributed by atoms with Crippen LogP contribution in [0.5, 0.6) is 0 Å². The Hall–Kier alpha value is -3.22. The minimum atomic E-state index is -0.417. The normalized spacial score (nSPS) is 13.7. The molecule has 6 nitrogen and oxygen atoms in total. The summed E-state index contributed by atoms with van der Waals surface area (Å²) in [6.07, 6.45) is 0.659. The van der Waals surface area contributed by atoms with Gasteiger partial charge in [-0.25, -0.2) is 9.18 Å². The van der Waals surface area contributed by atoms with Crippen LogP contribution < -0.4 is 10.6 Å². The van der Waals surface area contributed by atoms with Gasteiger partial charge in [0, 0.05) is 12.1 Å². The Labute approximate surface area is 150 Å². The molecule has 0 spiro atoms. The lowest BCUT2D eigenvalue weighted by molar-refractivity contribution is -0.125. The van der Waals surface area contributed by atoms with Crippen LogP contribution in [0.4, 0.5) is 14.9 Å². The largest absolute Gasteiger partial charge is 0.329 e. The predicted octanol–water partition coefficient (Wildman–Crippen LogP) is 2.45. The van der Waals surface area contributed by atoms with Crippen LogP contribution in [0.2, 0.25) is 0 Å². The smallest absolute Gasteiger partial charge is 0.324 e. The van der Waals surface area contributed by atoms with E-state index in [-0.39, 0.29) is 37.1 Å². The molecule has 0 atom stereocenters. The Balaban J connectivity index is 1.57. The molecule has 2 N–H and O–H groups in total. The van der Waals surface area contributed by atoms with Crippen molar-refractivity contribution < 1.29 is 18.8 Å². The molecule has 0 radical (unpaired) electrons. The zero-order valence-corrected chi connectivity index (χ0v) is 14.0. The summed E-state index contributed by atoms with van der Waals surface area (Å²) in [4.78, 5) is 36.5. The molecule has 1 aliphatic rings. The van der Waals surface area contributed by atoms with Gasteiger partial charge in [0.15, 0.2) is 0 Å². The van der Waals surface area contributed by atoms with Crippen molar-refractivity contribution in [1.29, 1.82) is 0 Å². The number of imide groups is 1. The molecule has 134 valence electrons. The van der Waals surface area contributed by atoms with Crippen molar-refractivity contribution in [2.24, 2.45) is 0 Å². The molecule has 0 aliphatic carbocycles. The second-order valence-electron chi connectivity index (χ2n) is 6.02. The third-order valence-corrected chi connectivity index (χ3v) is 4.02. The third kappa shape index (κ3) is 4.44. The lowest BCUT2D eigenvalue weighted by Gasteiger charge is -2.13. The first-order valence-corrected chi connectivity index (χ1v) is 8.23. The SMILES string of the molecule is O=C(CCc1cccc(F)c1)Nc1cccc(CN2C(=O)CNC2=O)c1. The standard InChI is InChI=1S/C19H18FN3O3/c20-15-5-1-3-13(9-15)7-8-17(24)22-16-6-2-4-14(10-16)12-23-18(25)11-21-19(23)26/h1-6,9-10H,7-8,11-12H2,(H,21,26)(H,22,24). The first-order valence-electron chi connectivity index (χ1n) is 8.23. The van der Waals surface area contributed by atoms with E-state index in [1.807, 2.05) is 0 Å². The van der Waals surface area contributed by atoms with Gasteiger partial charge in [0.2, 0.25) is 11.8 Å². The molecule has 1 aliphatic heterocycles. The molecule has 0 aromatic heterocycles. The fraction of sp³-hybridized carbons (Fsp3) is 0.211. The molecule has 2 aromatic rings. The molecule has 0 bridgehead atoms. The van der Waals surface area contributed by atoms with Crippen LogP contribution >= 0.6 is 0 Å². The molecular weight excluding hydrogens is 337 g/mol. The van der Waals surface area contributed by atoms with E-state index >= 15 is 0 Å². The molecule has 0 saturated carbocycles. The lowest BCUT2D eigenvalue weighted by atomic mass is 10.1. The van der Waals surface area contributed by atoms with Crippen LogP contribution in [0.3, 0.4) is 0 Å². The quantitative estimate of drug-likeness (QED) is 0.782. The average Bonchev–Trinajstić information content (AvgIpc) is 2.92. The molecule has 4 amide bonds. The number of rotatable bonds is 6. The Morgan fingerprint density at radius 1 is 1.12 bits per heavy atom. The second kappa shape index (κ2) is 7.77. The fourth-order valence-corrected chi connectivity index (χ4v) is 2.72. The molecule has 3 rings (SSSR count). The number of halogens is 1.